The van der Waals surface area contributed by atoms with Gasteiger partial charge in [0.25, 0.3) is 29.5 Å². The van der Waals surface area contributed by atoms with E-state index in [0.29, 0.717) is 6.42 Å². The Kier molecular flexibility index (Phi) is 14.1. The van der Waals surface area contributed by atoms with E-state index in [1.54, 1.807) is 0 Å². The number of carbonyl (C=O) groups excluding carboxylic acids is 9. The average molecular weight is 852 g/mol. The summed E-state index contributed by atoms with van der Waals surface area (Å²) in [7, 11) is 1.48. The fourth-order valence-corrected chi connectivity index (χ4v) is 7.19. The van der Waals surface area contributed by atoms with E-state index in [1.165, 1.54) is 42.3 Å². The van der Waals surface area contributed by atoms with Crippen LogP contribution < -0.4 is 31.7 Å². The molecule has 2 heterocycles. The SMILES string of the molecule is CN(CCNC(=O)CCOCCNC(=O)COc1cccc2c1C(=O)N(C1CCC(=O)NC1=O)C2=O)C(=O)c1ccc(C(=O)C=C(N)C(=O)NC2CCc3ccccc32)cc1O. The number of nitrogens with zero attached hydrogens (tertiary/aromatic N) is 2. The molecule has 1 saturated heterocycles. The van der Waals surface area contributed by atoms with Gasteiger partial charge in [0.2, 0.25) is 17.7 Å². The first-order valence-electron chi connectivity index (χ1n) is 19.8. The van der Waals surface area contributed by atoms with Crippen molar-refractivity contribution in [1.82, 2.24) is 31.1 Å². The Labute approximate surface area is 354 Å². The molecule has 0 aromatic heterocycles. The van der Waals surface area contributed by atoms with E-state index in [2.05, 4.69) is 21.3 Å². The monoisotopic (exact) mass is 851 g/mol. The summed E-state index contributed by atoms with van der Waals surface area (Å²) in [5.41, 5.74) is 7.65. The first-order valence-corrected chi connectivity index (χ1v) is 19.8. The van der Waals surface area contributed by atoms with Crippen molar-refractivity contribution in [1.29, 1.82) is 0 Å². The minimum Gasteiger partial charge on any atom is -0.507 e. The fraction of sp³-hybridized carbons (Fsp3) is 0.326. The number of allylic oxidation sites excluding steroid dienone is 1. The summed E-state index contributed by atoms with van der Waals surface area (Å²) in [4.78, 5) is 115. The molecule has 1 aliphatic carbocycles. The van der Waals surface area contributed by atoms with Crippen LogP contribution in [0, 0.1) is 0 Å². The number of nitrogens with two attached hydrogens (primary N) is 1. The van der Waals surface area contributed by atoms with Crippen molar-refractivity contribution in [3.05, 3.63) is 106 Å². The van der Waals surface area contributed by atoms with Crippen LogP contribution in [0.1, 0.15) is 84.3 Å². The van der Waals surface area contributed by atoms with Gasteiger partial charge in [-0.15, -0.1) is 0 Å². The zero-order chi connectivity index (χ0) is 44.5. The van der Waals surface area contributed by atoms with E-state index >= 15 is 0 Å². The number of hydrogen-bond acceptors (Lipinski definition) is 13. The van der Waals surface area contributed by atoms with E-state index in [-0.39, 0.29) is 97.8 Å². The average Bonchev–Trinajstić information content (AvgIpc) is 3.77. The van der Waals surface area contributed by atoms with Gasteiger partial charge in [0.05, 0.1) is 35.9 Å². The Morgan fingerprint density at radius 1 is 0.919 bits per heavy atom. The number of fused-ring (bicyclic) bond motifs is 2. The standard InChI is InChI=1S/C43H45N7O12/c1-49(41(58)27-11-9-25(21-33(27)52)32(51)22-29(44)39(56)47-30-12-10-24-5-2-3-6-26(24)30)18-16-45-35(53)15-19-61-20-17-46-37(55)23-62-34-8-4-7-28-38(34)43(60)50(42(28)59)31-13-14-36(54)48-40(31)57/h2-9,11,21-22,30-31,52H,10,12-20,23,44H2,1H3,(H,45,53)(H,46,55)(H,47,56)(H,48,54,57). The lowest BCUT2D eigenvalue weighted by atomic mass is 10.0. The molecule has 3 aromatic carbocycles. The van der Waals surface area contributed by atoms with Gasteiger partial charge in [-0.25, -0.2) is 0 Å². The summed E-state index contributed by atoms with van der Waals surface area (Å²) >= 11 is 0. The first-order chi connectivity index (χ1) is 29.7. The number of rotatable bonds is 18. The molecule has 0 bridgehead atoms. The predicted octanol–water partition coefficient (Wildman–Crippen LogP) is 0.413. The van der Waals surface area contributed by atoms with E-state index in [0.717, 1.165) is 34.6 Å². The van der Waals surface area contributed by atoms with Gasteiger partial charge >= 0.3 is 0 Å². The van der Waals surface area contributed by atoms with Crippen molar-refractivity contribution in [3.8, 4) is 11.5 Å². The molecule has 1 fully saturated rings. The van der Waals surface area contributed by atoms with Crippen LogP contribution in [-0.4, -0.2) is 120 Å². The van der Waals surface area contributed by atoms with E-state index < -0.39 is 65.5 Å². The van der Waals surface area contributed by atoms with Gasteiger partial charge in [-0.2, -0.15) is 0 Å². The molecule has 7 N–H and O–H groups in total. The number of amides is 8. The van der Waals surface area contributed by atoms with Gasteiger partial charge in [-0.1, -0.05) is 30.3 Å². The van der Waals surface area contributed by atoms with E-state index in [4.69, 9.17) is 15.2 Å². The molecule has 2 aliphatic heterocycles. The van der Waals surface area contributed by atoms with Crippen LogP contribution in [0.5, 0.6) is 11.5 Å². The molecule has 3 aromatic rings. The molecule has 62 heavy (non-hydrogen) atoms. The number of likely N-dealkylation sites (N-methyl/N-ethyl adjacent to an activating group) is 1. The lowest BCUT2D eigenvalue weighted by Gasteiger charge is -2.27. The molecule has 3 aliphatic rings. The van der Waals surface area contributed by atoms with Crippen LogP contribution in [0.2, 0.25) is 0 Å². The number of carbonyl (C=O) groups is 9. The molecular formula is C43H45N7O12. The summed E-state index contributed by atoms with van der Waals surface area (Å²) in [5, 5.41) is 20.8. The van der Waals surface area contributed by atoms with Gasteiger partial charge in [0.15, 0.2) is 12.4 Å². The second-order valence-electron chi connectivity index (χ2n) is 14.7. The van der Waals surface area contributed by atoms with Gasteiger partial charge in [0.1, 0.15) is 23.2 Å². The minimum atomic E-state index is -1.14. The van der Waals surface area contributed by atoms with Crippen molar-refractivity contribution in [2.75, 3.05) is 46.5 Å². The summed E-state index contributed by atoms with van der Waals surface area (Å²) in [5.74, 6) is -5.88. The molecule has 324 valence electrons. The predicted molar refractivity (Wildman–Crippen MR) is 217 cm³/mol. The molecule has 19 heteroatoms. The summed E-state index contributed by atoms with van der Waals surface area (Å²) in [6.07, 6.45) is 2.46. The lowest BCUT2D eigenvalue weighted by molar-refractivity contribution is -0.136. The van der Waals surface area contributed by atoms with Crippen LogP contribution in [0.4, 0.5) is 0 Å². The minimum absolute atomic E-state index is 0.00337. The smallest absolute Gasteiger partial charge is 0.267 e. The first kappa shape index (κ1) is 44.2. The molecule has 6 rings (SSSR count). The lowest BCUT2D eigenvalue weighted by Crippen LogP contribution is -2.54. The Bertz CT molecular complexity index is 2360. The number of piperidine rings is 1. The summed E-state index contributed by atoms with van der Waals surface area (Å²) in [6, 6.07) is 14.4. The van der Waals surface area contributed by atoms with E-state index in [9.17, 15) is 48.3 Å². The number of aromatic hydroxyl groups is 1. The molecule has 2 atom stereocenters. The van der Waals surface area contributed by atoms with Crippen molar-refractivity contribution >= 4 is 53.0 Å². The number of phenolic OH excluding ortho intramolecular Hbond substituents is 1. The number of nitrogens with one attached hydrogen (secondary N) is 4. The highest BCUT2D eigenvalue weighted by atomic mass is 16.5. The number of imide groups is 2. The molecule has 0 spiro atoms. The maximum Gasteiger partial charge on any atom is 0.267 e. The van der Waals surface area contributed by atoms with Gasteiger partial charge in [-0.3, -0.25) is 53.4 Å². The maximum absolute atomic E-state index is 13.2. The Morgan fingerprint density at radius 2 is 1.69 bits per heavy atom. The van der Waals surface area contributed by atoms with Crippen molar-refractivity contribution in [2.24, 2.45) is 5.73 Å². The van der Waals surface area contributed by atoms with Crippen molar-refractivity contribution < 1.29 is 57.7 Å². The van der Waals surface area contributed by atoms with Gasteiger partial charge in [0, 0.05) is 51.2 Å². The Hall–Kier alpha value is -7.41. The molecule has 8 amide bonds. The summed E-state index contributed by atoms with van der Waals surface area (Å²) < 4.78 is 11.0. The zero-order valence-corrected chi connectivity index (χ0v) is 33.7. The second kappa shape index (κ2) is 19.8. The zero-order valence-electron chi connectivity index (χ0n) is 33.7. The van der Waals surface area contributed by atoms with Crippen LogP contribution in [0.15, 0.2) is 72.4 Å². The molecular weight excluding hydrogens is 807 g/mol. The highest BCUT2D eigenvalue weighted by molar-refractivity contribution is 6.24. The summed E-state index contributed by atoms with van der Waals surface area (Å²) in [6.45, 7) is -0.146. The van der Waals surface area contributed by atoms with Crippen LogP contribution in [-0.2, 0) is 35.1 Å². The Balaban J connectivity index is 0.848. The normalized spacial score (nSPS) is 16.9. The number of benzene rings is 3. The highest BCUT2D eigenvalue weighted by Crippen LogP contribution is 2.34. The molecule has 0 radical (unpaired) electrons. The Morgan fingerprint density at radius 3 is 2.47 bits per heavy atom. The van der Waals surface area contributed by atoms with Crippen molar-refractivity contribution in [2.45, 2.75) is 44.2 Å². The number of phenols is 1. The third-order valence-corrected chi connectivity index (χ3v) is 10.4. The molecule has 19 nitrogen and oxygen atoms in total. The topological polar surface area (TPSA) is 273 Å². The largest absolute Gasteiger partial charge is 0.507 e. The fourth-order valence-electron chi connectivity index (χ4n) is 7.19. The number of aryl methyl sites for hydroxylation is 1. The van der Waals surface area contributed by atoms with Crippen molar-refractivity contribution in [3.63, 3.8) is 0 Å². The van der Waals surface area contributed by atoms with Crippen LogP contribution >= 0.6 is 0 Å². The number of hydrogen-bond donors (Lipinski definition) is 6. The number of ether oxygens (including phenoxy) is 2. The third-order valence-electron chi connectivity index (χ3n) is 10.4. The number of ketones is 1. The maximum atomic E-state index is 13.2. The van der Waals surface area contributed by atoms with Crippen LogP contribution in [0.25, 0.3) is 0 Å². The van der Waals surface area contributed by atoms with Crippen LogP contribution in [0.3, 0.4) is 0 Å². The molecule has 2 unspecified atom stereocenters. The van der Waals surface area contributed by atoms with E-state index in [1.807, 2.05) is 24.3 Å². The second-order valence-corrected chi connectivity index (χ2v) is 14.7. The van der Waals surface area contributed by atoms with Gasteiger partial charge in [-0.05, 0) is 60.7 Å². The van der Waals surface area contributed by atoms with Gasteiger partial charge < -0.3 is 41.2 Å². The third kappa shape index (κ3) is 10.3. The quantitative estimate of drug-likeness (QED) is 0.0439. The highest BCUT2D eigenvalue weighted by Gasteiger charge is 2.46. The molecule has 0 saturated carbocycles.